The number of carbonyl (C=O) groups is 2. The summed E-state index contributed by atoms with van der Waals surface area (Å²) in [6.45, 7) is 4.12. The van der Waals surface area contributed by atoms with E-state index in [1.165, 1.54) is 12.3 Å². The van der Waals surface area contributed by atoms with Gasteiger partial charge in [-0.3, -0.25) is 9.59 Å². The molecule has 0 spiro atoms. The standard InChI is InChI=1S/C20H17BrN4O4/c1-10-3-14-15(4-11(10)2)24-20(27)16(23-14)7-19(26)25-22-8-12-5-17-18(6-13(12)21)29-9-28-17/h3-8,23H,9H2,1-2H3,(H,24,27)(H,25,26)/b16-7-,22-8-. The monoisotopic (exact) mass is 456 g/mol. The van der Waals surface area contributed by atoms with E-state index in [4.69, 9.17) is 9.47 Å². The van der Waals surface area contributed by atoms with Crippen molar-refractivity contribution >= 4 is 45.3 Å². The molecular formula is C20H17BrN4O4. The van der Waals surface area contributed by atoms with Gasteiger partial charge in [-0.05, 0) is 65.2 Å². The van der Waals surface area contributed by atoms with Crippen LogP contribution in [0.15, 0.2) is 45.6 Å². The number of nitrogens with zero attached hydrogens (tertiary/aromatic N) is 1. The maximum atomic E-state index is 12.2. The lowest BCUT2D eigenvalue weighted by atomic mass is 10.1. The number of halogens is 1. The minimum Gasteiger partial charge on any atom is -0.454 e. The third kappa shape index (κ3) is 3.95. The van der Waals surface area contributed by atoms with E-state index in [1.807, 2.05) is 26.0 Å². The number of benzene rings is 2. The summed E-state index contributed by atoms with van der Waals surface area (Å²) in [7, 11) is 0. The lowest BCUT2D eigenvalue weighted by Crippen LogP contribution is -2.28. The van der Waals surface area contributed by atoms with E-state index in [0.717, 1.165) is 21.3 Å². The first-order valence-electron chi connectivity index (χ1n) is 8.74. The molecule has 0 fully saturated rings. The molecule has 0 saturated carbocycles. The van der Waals surface area contributed by atoms with Gasteiger partial charge in [-0.15, -0.1) is 0 Å². The number of fused-ring (bicyclic) bond motifs is 2. The van der Waals surface area contributed by atoms with Gasteiger partial charge < -0.3 is 20.1 Å². The molecule has 0 unspecified atom stereocenters. The van der Waals surface area contributed by atoms with E-state index in [-0.39, 0.29) is 12.5 Å². The molecule has 0 aromatic heterocycles. The SMILES string of the molecule is Cc1cc2c(cc1C)N/C(=C\C(=O)N/N=C\c1cc3c(cc1Br)OCO3)C(=O)N2. The van der Waals surface area contributed by atoms with E-state index < -0.39 is 11.8 Å². The second-order valence-corrected chi connectivity index (χ2v) is 7.43. The first-order chi connectivity index (χ1) is 13.9. The zero-order valence-electron chi connectivity index (χ0n) is 15.6. The summed E-state index contributed by atoms with van der Waals surface area (Å²) >= 11 is 3.42. The van der Waals surface area contributed by atoms with Gasteiger partial charge in [0.25, 0.3) is 11.8 Å². The molecule has 2 amide bonds. The summed E-state index contributed by atoms with van der Waals surface area (Å²) in [6.07, 6.45) is 2.64. The lowest BCUT2D eigenvalue weighted by molar-refractivity contribution is -0.117. The fourth-order valence-corrected chi connectivity index (χ4v) is 3.30. The van der Waals surface area contributed by atoms with Crippen molar-refractivity contribution in [2.45, 2.75) is 13.8 Å². The fraction of sp³-hybridized carbons (Fsp3) is 0.150. The summed E-state index contributed by atoms with van der Waals surface area (Å²) < 4.78 is 11.4. The normalized spacial score (nSPS) is 15.8. The van der Waals surface area contributed by atoms with Crippen LogP contribution in [0, 0.1) is 13.8 Å². The number of hydrogen-bond donors (Lipinski definition) is 3. The molecule has 4 rings (SSSR count). The van der Waals surface area contributed by atoms with Crippen molar-refractivity contribution < 1.29 is 19.1 Å². The Bertz CT molecular complexity index is 1090. The third-order valence-electron chi connectivity index (χ3n) is 4.54. The van der Waals surface area contributed by atoms with Crippen molar-refractivity contribution in [2.24, 2.45) is 5.10 Å². The Labute approximate surface area is 175 Å². The van der Waals surface area contributed by atoms with Gasteiger partial charge in [0.15, 0.2) is 11.5 Å². The maximum Gasteiger partial charge on any atom is 0.272 e. The van der Waals surface area contributed by atoms with Crippen LogP contribution in [-0.2, 0) is 9.59 Å². The topological polar surface area (TPSA) is 101 Å². The molecule has 3 N–H and O–H groups in total. The van der Waals surface area contributed by atoms with Crippen LogP contribution < -0.4 is 25.5 Å². The number of amides is 2. The highest BCUT2D eigenvalue weighted by molar-refractivity contribution is 9.10. The van der Waals surface area contributed by atoms with Crippen LogP contribution >= 0.6 is 15.9 Å². The Balaban J connectivity index is 1.45. The minimum atomic E-state index is -0.539. The maximum absolute atomic E-state index is 12.2. The van der Waals surface area contributed by atoms with Gasteiger partial charge in [0.2, 0.25) is 6.79 Å². The van der Waals surface area contributed by atoms with E-state index in [1.54, 1.807) is 12.1 Å². The molecule has 2 aliphatic heterocycles. The van der Waals surface area contributed by atoms with Crippen LogP contribution in [-0.4, -0.2) is 24.8 Å². The molecule has 9 heteroatoms. The van der Waals surface area contributed by atoms with Crippen molar-refractivity contribution in [1.29, 1.82) is 0 Å². The molecule has 2 aromatic rings. The Hall–Kier alpha value is -3.33. The van der Waals surface area contributed by atoms with Crippen molar-refractivity contribution in [1.82, 2.24) is 5.43 Å². The Kier molecular flexibility index (Phi) is 4.98. The van der Waals surface area contributed by atoms with Gasteiger partial charge in [-0.2, -0.15) is 5.10 Å². The summed E-state index contributed by atoms with van der Waals surface area (Å²) in [5.41, 5.74) is 6.79. The van der Waals surface area contributed by atoms with E-state index in [0.29, 0.717) is 22.7 Å². The van der Waals surface area contributed by atoms with Crippen LogP contribution in [0.2, 0.25) is 0 Å². The average Bonchev–Trinajstić information content (AvgIpc) is 3.11. The third-order valence-corrected chi connectivity index (χ3v) is 5.23. The van der Waals surface area contributed by atoms with Gasteiger partial charge in [-0.1, -0.05) is 0 Å². The van der Waals surface area contributed by atoms with Crippen LogP contribution in [0.5, 0.6) is 11.5 Å². The molecular weight excluding hydrogens is 440 g/mol. The van der Waals surface area contributed by atoms with Crippen molar-refractivity contribution in [2.75, 3.05) is 17.4 Å². The molecule has 0 radical (unpaired) electrons. The van der Waals surface area contributed by atoms with Gasteiger partial charge in [0, 0.05) is 16.1 Å². The number of anilines is 2. The molecule has 2 heterocycles. The highest BCUT2D eigenvalue weighted by atomic mass is 79.9. The summed E-state index contributed by atoms with van der Waals surface area (Å²) in [4.78, 5) is 24.4. The molecule has 29 heavy (non-hydrogen) atoms. The fourth-order valence-electron chi connectivity index (χ4n) is 2.88. The predicted molar refractivity (Wildman–Crippen MR) is 112 cm³/mol. The lowest BCUT2D eigenvalue weighted by Gasteiger charge is -2.22. The number of carbonyl (C=O) groups excluding carboxylic acids is 2. The number of ether oxygens (including phenoxy) is 2. The predicted octanol–water partition coefficient (Wildman–Crippen LogP) is 3.19. The highest BCUT2D eigenvalue weighted by Gasteiger charge is 2.21. The van der Waals surface area contributed by atoms with E-state index in [2.05, 4.69) is 37.1 Å². The Morgan fingerprint density at radius 2 is 1.76 bits per heavy atom. The number of nitrogens with one attached hydrogen (secondary N) is 3. The second kappa shape index (κ2) is 7.59. The Morgan fingerprint density at radius 1 is 1.10 bits per heavy atom. The van der Waals surface area contributed by atoms with Crippen LogP contribution in [0.4, 0.5) is 11.4 Å². The zero-order valence-corrected chi connectivity index (χ0v) is 17.2. The van der Waals surface area contributed by atoms with Crippen molar-refractivity contribution in [3.05, 3.63) is 57.2 Å². The molecule has 0 bridgehead atoms. The zero-order chi connectivity index (χ0) is 20.5. The smallest absolute Gasteiger partial charge is 0.272 e. The summed E-state index contributed by atoms with van der Waals surface area (Å²) in [5.74, 6) is 0.319. The molecule has 8 nitrogen and oxygen atoms in total. The first-order valence-corrected chi connectivity index (χ1v) is 9.53. The number of hydrogen-bond acceptors (Lipinski definition) is 6. The van der Waals surface area contributed by atoms with Gasteiger partial charge in [-0.25, -0.2) is 5.43 Å². The second-order valence-electron chi connectivity index (χ2n) is 6.58. The minimum absolute atomic E-state index is 0.137. The van der Waals surface area contributed by atoms with Crippen molar-refractivity contribution in [3.63, 3.8) is 0 Å². The quantitative estimate of drug-likeness (QED) is 0.374. The van der Waals surface area contributed by atoms with Gasteiger partial charge in [0.05, 0.1) is 17.6 Å². The van der Waals surface area contributed by atoms with Crippen molar-refractivity contribution in [3.8, 4) is 11.5 Å². The van der Waals surface area contributed by atoms with E-state index >= 15 is 0 Å². The molecule has 0 saturated heterocycles. The molecule has 2 aliphatic rings. The molecule has 0 atom stereocenters. The average molecular weight is 457 g/mol. The summed E-state index contributed by atoms with van der Waals surface area (Å²) in [6, 6.07) is 7.33. The molecule has 148 valence electrons. The number of hydrazone groups is 1. The Morgan fingerprint density at radius 3 is 2.48 bits per heavy atom. The molecule has 2 aromatic carbocycles. The van der Waals surface area contributed by atoms with Gasteiger partial charge >= 0.3 is 0 Å². The highest BCUT2D eigenvalue weighted by Crippen LogP contribution is 2.36. The number of rotatable bonds is 3. The number of aryl methyl sites for hydroxylation is 2. The molecule has 0 aliphatic carbocycles. The summed E-state index contributed by atoms with van der Waals surface area (Å²) in [5, 5.41) is 9.70. The van der Waals surface area contributed by atoms with E-state index in [9.17, 15) is 9.59 Å². The largest absolute Gasteiger partial charge is 0.454 e. The van der Waals surface area contributed by atoms with Gasteiger partial charge in [0.1, 0.15) is 5.70 Å². The van der Waals surface area contributed by atoms with Crippen LogP contribution in [0.1, 0.15) is 16.7 Å². The first kappa shape index (κ1) is 19.0. The van der Waals surface area contributed by atoms with Crippen LogP contribution in [0.25, 0.3) is 0 Å². The van der Waals surface area contributed by atoms with Crippen LogP contribution in [0.3, 0.4) is 0 Å².